The monoisotopic (exact) mass is 198 g/mol. The highest BCUT2D eigenvalue weighted by Crippen LogP contribution is 2.06. The van der Waals surface area contributed by atoms with Crippen molar-refractivity contribution in [1.82, 2.24) is 15.1 Å². The molecule has 0 saturated heterocycles. The van der Waals surface area contributed by atoms with Crippen molar-refractivity contribution < 1.29 is 4.92 Å². The maximum atomic E-state index is 10.3. The predicted octanol–water partition coefficient (Wildman–Crippen LogP) is 0.791. The smallest absolute Gasteiger partial charge is 0.306 e. The Morgan fingerprint density at radius 3 is 3.00 bits per heavy atom. The summed E-state index contributed by atoms with van der Waals surface area (Å²) in [6.07, 6.45) is 3.78. The van der Waals surface area contributed by atoms with Crippen LogP contribution in [0.1, 0.15) is 13.3 Å². The molecular formula is C8H14N4O2. The summed E-state index contributed by atoms with van der Waals surface area (Å²) in [5, 5.41) is 17.4. The van der Waals surface area contributed by atoms with Gasteiger partial charge in [0.2, 0.25) is 0 Å². The van der Waals surface area contributed by atoms with Crippen LogP contribution in [-0.4, -0.2) is 27.8 Å². The van der Waals surface area contributed by atoms with Gasteiger partial charge in [0, 0.05) is 6.54 Å². The Labute approximate surface area is 82.1 Å². The van der Waals surface area contributed by atoms with Crippen LogP contribution in [0.5, 0.6) is 0 Å². The van der Waals surface area contributed by atoms with Crippen LogP contribution in [0.4, 0.5) is 5.69 Å². The van der Waals surface area contributed by atoms with E-state index in [1.54, 1.807) is 4.68 Å². The summed E-state index contributed by atoms with van der Waals surface area (Å²) < 4.78 is 1.57. The Balaban J connectivity index is 2.33. The molecule has 0 amide bonds. The van der Waals surface area contributed by atoms with Crippen LogP contribution in [0.15, 0.2) is 12.4 Å². The zero-order valence-corrected chi connectivity index (χ0v) is 8.14. The Morgan fingerprint density at radius 1 is 1.64 bits per heavy atom. The van der Waals surface area contributed by atoms with Crippen LogP contribution >= 0.6 is 0 Å². The summed E-state index contributed by atoms with van der Waals surface area (Å²) in [5.74, 6) is 0. The molecule has 0 spiro atoms. The van der Waals surface area contributed by atoms with Crippen LogP contribution in [0.25, 0.3) is 0 Å². The molecule has 0 aliphatic rings. The van der Waals surface area contributed by atoms with Gasteiger partial charge < -0.3 is 5.32 Å². The van der Waals surface area contributed by atoms with Gasteiger partial charge in [-0.05, 0) is 13.0 Å². The van der Waals surface area contributed by atoms with Crippen LogP contribution in [-0.2, 0) is 6.54 Å². The van der Waals surface area contributed by atoms with Crippen molar-refractivity contribution in [3.63, 3.8) is 0 Å². The lowest BCUT2D eigenvalue weighted by Crippen LogP contribution is -2.20. The van der Waals surface area contributed by atoms with Gasteiger partial charge in [-0.3, -0.25) is 14.8 Å². The van der Waals surface area contributed by atoms with Gasteiger partial charge in [0.25, 0.3) is 0 Å². The molecule has 1 N–H and O–H groups in total. The largest absolute Gasteiger partial charge is 0.315 e. The molecule has 0 radical (unpaired) electrons. The minimum absolute atomic E-state index is 0.0421. The fourth-order valence-corrected chi connectivity index (χ4v) is 1.06. The molecule has 0 fully saturated rings. The molecule has 0 aliphatic carbocycles. The number of nitrogens with zero attached hydrogens (tertiary/aromatic N) is 3. The van der Waals surface area contributed by atoms with E-state index >= 15 is 0 Å². The topological polar surface area (TPSA) is 73.0 Å². The van der Waals surface area contributed by atoms with Crippen molar-refractivity contribution in [1.29, 1.82) is 0 Å². The lowest BCUT2D eigenvalue weighted by Gasteiger charge is -2.01. The SMILES string of the molecule is CCCNCCn1cc([N+](=O)[O-])cn1. The fraction of sp³-hybridized carbons (Fsp3) is 0.625. The molecule has 14 heavy (non-hydrogen) atoms. The average Bonchev–Trinajstić information content (AvgIpc) is 2.61. The Morgan fingerprint density at radius 2 is 2.43 bits per heavy atom. The van der Waals surface area contributed by atoms with Crippen LogP contribution in [0.3, 0.4) is 0 Å². The third-order valence-electron chi connectivity index (χ3n) is 1.77. The quantitative estimate of drug-likeness (QED) is 0.416. The Kier molecular flexibility index (Phi) is 4.06. The number of nitrogens with one attached hydrogen (secondary N) is 1. The molecule has 0 atom stereocenters. The molecule has 6 heteroatoms. The molecule has 6 nitrogen and oxygen atoms in total. The summed E-state index contributed by atoms with van der Waals surface area (Å²) in [6.45, 7) is 4.50. The highest BCUT2D eigenvalue weighted by atomic mass is 16.6. The van der Waals surface area contributed by atoms with Gasteiger partial charge in [-0.15, -0.1) is 0 Å². The van der Waals surface area contributed by atoms with Crippen molar-refractivity contribution in [3.05, 3.63) is 22.5 Å². The van der Waals surface area contributed by atoms with Gasteiger partial charge in [0.05, 0.1) is 11.5 Å². The third kappa shape index (κ3) is 3.14. The number of hydrogen-bond acceptors (Lipinski definition) is 4. The summed E-state index contributed by atoms with van der Waals surface area (Å²) >= 11 is 0. The molecule has 1 rings (SSSR count). The van der Waals surface area contributed by atoms with Gasteiger partial charge in [-0.25, -0.2) is 0 Å². The standard InChI is InChI=1S/C8H14N4O2/c1-2-3-9-4-5-11-7-8(6-10-11)12(13)14/h6-7,9H,2-5H2,1H3. The Hall–Kier alpha value is -1.43. The minimum atomic E-state index is -0.441. The van der Waals surface area contributed by atoms with E-state index in [-0.39, 0.29) is 5.69 Å². The predicted molar refractivity (Wildman–Crippen MR) is 52.0 cm³/mol. The molecule has 1 aromatic heterocycles. The van der Waals surface area contributed by atoms with Crippen LogP contribution in [0.2, 0.25) is 0 Å². The van der Waals surface area contributed by atoms with Crippen molar-refractivity contribution in [2.45, 2.75) is 19.9 Å². The van der Waals surface area contributed by atoms with Gasteiger partial charge in [0.15, 0.2) is 0 Å². The molecule has 0 aliphatic heterocycles. The van der Waals surface area contributed by atoms with Crippen molar-refractivity contribution in [3.8, 4) is 0 Å². The zero-order valence-electron chi connectivity index (χ0n) is 8.14. The molecule has 1 aromatic rings. The van der Waals surface area contributed by atoms with E-state index in [4.69, 9.17) is 0 Å². The van der Waals surface area contributed by atoms with Crippen molar-refractivity contribution in [2.75, 3.05) is 13.1 Å². The van der Waals surface area contributed by atoms with Crippen LogP contribution in [0, 0.1) is 10.1 Å². The summed E-state index contributed by atoms with van der Waals surface area (Å²) in [4.78, 5) is 9.89. The maximum Gasteiger partial charge on any atom is 0.306 e. The number of rotatable bonds is 6. The van der Waals surface area contributed by atoms with E-state index in [9.17, 15) is 10.1 Å². The molecule has 0 bridgehead atoms. The van der Waals surface area contributed by atoms with E-state index in [1.807, 2.05) is 0 Å². The summed E-state index contributed by atoms with van der Waals surface area (Å²) in [7, 11) is 0. The third-order valence-corrected chi connectivity index (χ3v) is 1.77. The molecule has 1 heterocycles. The highest BCUT2D eigenvalue weighted by Gasteiger charge is 2.07. The number of nitro groups is 1. The lowest BCUT2D eigenvalue weighted by molar-refractivity contribution is -0.385. The summed E-state index contributed by atoms with van der Waals surface area (Å²) in [6, 6.07) is 0. The van der Waals surface area contributed by atoms with Crippen LogP contribution < -0.4 is 5.32 Å². The second kappa shape index (κ2) is 5.33. The first-order valence-electron chi connectivity index (χ1n) is 4.61. The first-order valence-corrected chi connectivity index (χ1v) is 4.61. The molecule has 0 aromatic carbocycles. The van der Waals surface area contributed by atoms with Gasteiger partial charge >= 0.3 is 5.69 Å². The van der Waals surface area contributed by atoms with E-state index < -0.39 is 4.92 Å². The first kappa shape index (κ1) is 10.6. The van der Waals surface area contributed by atoms with E-state index in [0.29, 0.717) is 6.54 Å². The maximum absolute atomic E-state index is 10.3. The van der Waals surface area contributed by atoms with Crippen molar-refractivity contribution in [2.24, 2.45) is 0 Å². The molecule has 0 unspecified atom stereocenters. The molecule has 0 saturated carbocycles. The average molecular weight is 198 g/mol. The lowest BCUT2D eigenvalue weighted by atomic mass is 10.5. The van der Waals surface area contributed by atoms with Gasteiger partial charge in [-0.1, -0.05) is 6.92 Å². The normalized spacial score (nSPS) is 10.4. The summed E-state index contributed by atoms with van der Waals surface area (Å²) in [5.41, 5.74) is 0.0421. The molecular weight excluding hydrogens is 184 g/mol. The first-order chi connectivity index (χ1) is 6.74. The van der Waals surface area contributed by atoms with E-state index in [0.717, 1.165) is 19.5 Å². The van der Waals surface area contributed by atoms with Gasteiger partial charge in [0.1, 0.15) is 12.4 Å². The van der Waals surface area contributed by atoms with Crippen molar-refractivity contribution >= 4 is 5.69 Å². The minimum Gasteiger partial charge on any atom is -0.315 e. The second-order valence-corrected chi connectivity index (χ2v) is 2.97. The number of aromatic nitrogens is 2. The fourth-order valence-electron chi connectivity index (χ4n) is 1.06. The zero-order chi connectivity index (χ0) is 10.4. The Bertz CT molecular complexity index is 297. The molecule has 78 valence electrons. The van der Waals surface area contributed by atoms with E-state index in [1.165, 1.54) is 12.4 Å². The van der Waals surface area contributed by atoms with Gasteiger partial charge in [-0.2, -0.15) is 5.10 Å². The second-order valence-electron chi connectivity index (χ2n) is 2.97. The highest BCUT2D eigenvalue weighted by molar-refractivity contribution is 5.20. The number of hydrogen-bond donors (Lipinski definition) is 1. The van der Waals surface area contributed by atoms with E-state index in [2.05, 4.69) is 17.3 Å².